The summed E-state index contributed by atoms with van der Waals surface area (Å²) in [6, 6.07) is 8.66. The van der Waals surface area contributed by atoms with Gasteiger partial charge in [0.15, 0.2) is 0 Å². The Morgan fingerprint density at radius 1 is 1.00 bits per heavy atom. The molecule has 0 aliphatic carbocycles. The number of amides is 4. The minimum absolute atomic E-state index is 0.228. The molecule has 1 aliphatic rings. The molecule has 134 valence electrons. The molecule has 26 heavy (non-hydrogen) atoms. The minimum Gasteiger partial charge on any atom is -0.308 e. The SMILES string of the molecule is CC(C)N1C(=O)c2ccc(NC(=O)Nc3cccc(Cl)c3Cl)cc2C1=O. The zero-order valence-electron chi connectivity index (χ0n) is 14.0. The summed E-state index contributed by atoms with van der Waals surface area (Å²) < 4.78 is 0. The summed E-state index contributed by atoms with van der Waals surface area (Å²) in [6.07, 6.45) is 0. The number of anilines is 2. The second-order valence-electron chi connectivity index (χ2n) is 6.01. The van der Waals surface area contributed by atoms with E-state index in [1.54, 1.807) is 38.1 Å². The van der Waals surface area contributed by atoms with Gasteiger partial charge in [0.2, 0.25) is 0 Å². The van der Waals surface area contributed by atoms with Crippen LogP contribution < -0.4 is 10.6 Å². The van der Waals surface area contributed by atoms with Gasteiger partial charge in [-0.25, -0.2) is 4.79 Å². The fourth-order valence-corrected chi connectivity index (χ4v) is 3.04. The summed E-state index contributed by atoms with van der Waals surface area (Å²) in [4.78, 5) is 38.0. The van der Waals surface area contributed by atoms with Gasteiger partial charge < -0.3 is 10.6 Å². The number of hydrogen-bond acceptors (Lipinski definition) is 3. The van der Waals surface area contributed by atoms with Crippen molar-refractivity contribution in [2.45, 2.75) is 19.9 Å². The number of hydrogen-bond donors (Lipinski definition) is 2. The van der Waals surface area contributed by atoms with Gasteiger partial charge in [0.05, 0.1) is 26.9 Å². The maximum absolute atomic E-state index is 12.4. The van der Waals surface area contributed by atoms with E-state index >= 15 is 0 Å². The van der Waals surface area contributed by atoms with Crippen molar-refractivity contribution in [1.82, 2.24) is 4.90 Å². The summed E-state index contributed by atoms with van der Waals surface area (Å²) in [7, 11) is 0. The van der Waals surface area contributed by atoms with E-state index in [4.69, 9.17) is 23.2 Å². The summed E-state index contributed by atoms with van der Waals surface area (Å²) >= 11 is 11.9. The normalized spacial score (nSPS) is 13.2. The van der Waals surface area contributed by atoms with Gasteiger partial charge in [0, 0.05) is 11.7 Å². The highest BCUT2D eigenvalue weighted by Crippen LogP contribution is 2.30. The first-order valence-corrected chi connectivity index (χ1v) is 8.59. The smallest absolute Gasteiger partial charge is 0.308 e. The van der Waals surface area contributed by atoms with Crippen molar-refractivity contribution >= 4 is 52.4 Å². The highest BCUT2D eigenvalue weighted by atomic mass is 35.5. The third-order valence-corrected chi connectivity index (χ3v) is 4.71. The first-order chi connectivity index (χ1) is 12.3. The molecule has 8 heteroatoms. The minimum atomic E-state index is -0.549. The molecule has 0 saturated heterocycles. The number of imide groups is 1. The lowest BCUT2D eigenvalue weighted by Crippen LogP contribution is -2.35. The van der Waals surface area contributed by atoms with Gasteiger partial charge in [-0.2, -0.15) is 0 Å². The second kappa shape index (κ2) is 6.97. The third kappa shape index (κ3) is 3.25. The Bertz CT molecular complexity index is 928. The van der Waals surface area contributed by atoms with Gasteiger partial charge in [-0.1, -0.05) is 29.3 Å². The first-order valence-electron chi connectivity index (χ1n) is 7.83. The number of halogens is 2. The zero-order chi connectivity index (χ0) is 19.0. The second-order valence-corrected chi connectivity index (χ2v) is 6.80. The van der Waals surface area contributed by atoms with Crippen molar-refractivity contribution in [3.63, 3.8) is 0 Å². The summed E-state index contributed by atoms with van der Waals surface area (Å²) in [5.41, 5.74) is 1.33. The predicted molar refractivity (Wildman–Crippen MR) is 101 cm³/mol. The molecule has 0 fully saturated rings. The van der Waals surface area contributed by atoms with Crippen LogP contribution in [0.4, 0.5) is 16.2 Å². The summed E-state index contributed by atoms with van der Waals surface area (Å²) in [6.45, 7) is 3.53. The van der Waals surface area contributed by atoms with Crippen LogP contribution in [0.15, 0.2) is 36.4 Å². The van der Waals surface area contributed by atoms with Gasteiger partial charge in [-0.05, 0) is 44.2 Å². The highest BCUT2D eigenvalue weighted by molar-refractivity contribution is 6.44. The number of fused-ring (bicyclic) bond motifs is 1. The third-order valence-electron chi connectivity index (χ3n) is 3.89. The average Bonchev–Trinajstić information content (AvgIpc) is 2.82. The van der Waals surface area contributed by atoms with Crippen LogP contribution in [0.3, 0.4) is 0 Å². The number of nitrogens with one attached hydrogen (secondary N) is 2. The van der Waals surface area contributed by atoms with Gasteiger partial charge in [0.1, 0.15) is 0 Å². The molecule has 0 spiro atoms. The number of nitrogens with zero attached hydrogens (tertiary/aromatic N) is 1. The Morgan fingerprint density at radius 2 is 1.69 bits per heavy atom. The van der Waals surface area contributed by atoms with E-state index in [1.165, 1.54) is 17.0 Å². The number of carbonyl (C=O) groups excluding carboxylic acids is 3. The molecule has 0 atom stereocenters. The lowest BCUT2D eigenvalue weighted by Gasteiger charge is -2.17. The lowest BCUT2D eigenvalue weighted by molar-refractivity contribution is 0.0609. The number of carbonyl (C=O) groups is 3. The Hall–Kier alpha value is -2.57. The lowest BCUT2D eigenvalue weighted by atomic mass is 10.1. The van der Waals surface area contributed by atoms with Gasteiger partial charge >= 0.3 is 6.03 Å². The molecule has 6 nitrogen and oxygen atoms in total. The van der Waals surface area contributed by atoms with E-state index in [-0.39, 0.29) is 28.4 Å². The van der Waals surface area contributed by atoms with E-state index < -0.39 is 6.03 Å². The largest absolute Gasteiger partial charge is 0.323 e. The fourth-order valence-electron chi connectivity index (χ4n) is 2.69. The molecule has 2 aromatic rings. The molecule has 0 unspecified atom stereocenters. The van der Waals surface area contributed by atoms with E-state index in [0.29, 0.717) is 22.0 Å². The fraction of sp³-hybridized carbons (Fsp3) is 0.167. The van der Waals surface area contributed by atoms with Crippen LogP contribution in [0, 0.1) is 0 Å². The van der Waals surface area contributed by atoms with Gasteiger partial charge in [-0.15, -0.1) is 0 Å². The number of rotatable bonds is 3. The molecule has 0 saturated carbocycles. The maximum atomic E-state index is 12.4. The quantitative estimate of drug-likeness (QED) is 0.747. The molecule has 0 bridgehead atoms. The Kier molecular flexibility index (Phi) is 4.89. The van der Waals surface area contributed by atoms with Crippen LogP contribution in [-0.4, -0.2) is 28.8 Å². The van der Waals surface area contributed by atoms with Crippen molar-refractivity contribution in [1.29, 1.82) is 0 Å². The Balaban J connectivity index is 1.78. The van der Waals surface area contributed by atoms with Crippen LogP contribution in [0.5, 0.6) is 0 Å². The van der Waals surface area contributed by atoms with E-state index in [1.807, 2.05) is 0 Å². The first kappa shape index (κ1) is 18.2. The molecule has 4 amide bonds. The van der Waals surface area contributed by atoms with E-state index in [9.17, 15) is 14.4 Å². The number of urea groups is 1. The van der Waals surface area contributed by atoms with E-state index in [0.717, 1.165) is 0 Å². The van der Waals surface area contributed by atoms with Crippen LogP contribution in [0.25, 0.3) is 0 Å². The summed E-state index contributed by atoms with van der Waals surface area (Å²) in [5, 5.41) is 5.75. The van der Waals surface area contributed by atoms with Crippen molar-refractivity contribution in [3.05, 3.63) is 57.6 Å². The molecule has 0 aromatic heterocycles. The van der Waals surface area contributed by atoms with Crippen molar-refractivity contribution in [3.8, 4) is 0 Å². The maximum Gasteiger partial charge on any atom is 0.323 e. The molecule has 1 aliphatic heterocycles. The Morgan fingerprint density at radius 3 is 2.38 bits per heavy atom. The molecule has 2 aromatic carbocycles. The molecule has 3 rings (SSSR count). The van der Waals surface area contributed by atoms with Crippen LogP contribution in [0.2, 0.25) is 10.0 Å². The highest BCUT2D eigenvalue weighted by Gasteiger charge is 2.37. The molecule has 2 N–H and O–H groups in total. The molecule has 1 heterocycles. The number of benzene rings is 2. The van der Waals surface area contributed by atoms with Crippen LogP contribution in [0.1, 0.15) is 34.6 Å². The van der Waals surface area contributed by atoms with Crippen molar-refractivity contribution < 1.29 is 14.4 Å². The average molecular weight is 392 g/mol. The van der Waals surface area contributed by atoms with Crippen molar-refractivity contribution in [2.75, 3.05) is 10.6 Å². The monoisotopic (exact) mass is 391 g/mol. The van der Waals surface area contributed by atoms with Gasteiger partial charge in [-0.3, -0.25) is 14.5 Å². The van der Waals surface area contributed by atoms with E-state index in [2.05, 4.69) is 10.6 Å². The van der Waals surface area contributed by atoms with Crippen LogP contribution >= 0.6 is 23.2 Å². The van der Waals surface area contributed by atoms with Gasteiger partial charge in [0.25, 0.3) is 11.8 Å². The van der Waals surface area contributed by atoms with Crippen molar-refractivity contribution in [2.24, 2.45) is 0 Å². The Labute approximate surface area is 160 Å². The molecule has 0 radical (unpaired) electrons. The zero-order valence-corrected chi connectivity index (χ0v) is 15.5. The molecular formula is C18H15Cl2N3O3. The predicted octanol–water partition coefficient (Wildman–Crippen LogP) is 4.64. The standard InChI is InChI=1S/C18H15Cl2N3O3/c1-9(2)23-16(24)11-7-6-10(8-12(11)17(23)25)21-18(26)22-14-5-3-4-13(19)15(14)20/h3-9H,1-2H3,(H2,21,22,26). The topological polar surface area (TPSA) is 78.5 Å². The van der Waals surface area contributed by atoms with Crippen LogP contribution in [-0.2, 0) is 0 Å². The molecular weight excluding hydrogens is 377 g/mol. The summed E-state index contributed by atoms with van der Waals surface area (Å²) in [5.74, 6) is -0.705.